The fourth-order valence-corrected chi connectivity index (χ4v) is 1.54. The minimum absolute atomic E-state index is 0. The van der Waals surface area contributed by atoms with Gasteiger partial charge in [0.1, 0.15) is 0 Å². The molecule has 1 fully saturated rings. The zero-order valence-corrected chi connectivity index (χ0v) is 8.45. The van der Waals surface area contributed by atoms with E-state index in [1.807, 2.05) is 0 Å². The molecule has 62 valence electrons. The van der Waals surface area contributed by atoms with E-state index < -0.39 is 0 Å². The Balaban J connectivity index is 0.000000810. The second-order valence-electron chi connectivity index (χ2n) is 2.76. The van der Waals surface area contributed by atoms with Crippen LogP contribution in [-0.2, 0) is 0 Å². The van der Waals surface area contributed by atoms with Gasteiger partial charge in [0.25, 0.3) is 0 Å². The highest BCUT2D eigenvalue weighted by atomic mass is 79.9. The summed E-state index contributed by atoms with van der Waals surface area (Å²) in [5, 5.41) is 0. The monoisotopic (exact) mass is 208 g/mol. The van der Waals surface area contributed by atoms with Crippen molar-refractivity contribution in [1.29, 1.82) is 0 Å². The number of quaternary nitrogens is 1. The van der Waals surface area contributed by atoms with E-state index >= 15 is 0 Å². The van der Waals surface area contributed by atoms with Gasteiger partial charge in [-0.15, -0.1) is 0 Å². The van der Waals surface area contributed by atoms with Crippen molar-refractivity contribution in [3.8, 4) is 0 Å². The van der Waals surface area contributed by atoms with Crippen LogP contribution in [0.25, 0.3) is 0 Å². The molecule has 1 heterocycles. The van der Waals surface area contributed by atoms with Crippen molar-refractivity contribution < 1.29 is 21.6 Å². The Morgan fingerprint density at radius 3 is 2.10 bits per heavy atom. The van der Waals surface area contributed by atoms with E-state index in [1.165, 1.54) is 32.6 Å². The highest BCUT2D eigenvalue weighted by molar-refractivity contribution is 4.48. The molecule has 0 unspecified atom stereocenters. The molecule has 1 aliphatic heterocycles. The first-order valence-corrected chi connectivity index (χ1v) is 3.94. The summed E-state index contributed by atoms with van der Waals surface area (Å²) >= 11 is 0. The van der Waals surface area contributed by atoms with E-state index in [1.54, 1.807) is 0 Å². The Kier molecular flexibility index (Phi) is 4.49. The summed E-state index contributed by atoms with van der Waals surface area (Å²) in [5.41, 5.74) is 3.51. The Morgan fingerprint density at radius 2 is 1.90 bits per heavy atom. The van der Waals surface area contributed by atoms with Crippen LogP contribution in [0.3, 0.4) is 0 Å². The second kappa shape index (κ2) is 4.31. The Bertz CT molecular complexity index is 83.6. The molecule has 0 amide bonds. The van der Waals surface area contributed by atoms with E-state index in [0.717, 1.165) is 4.59 Å². The van der Waals surface area contributed by atoms with Gasteiger partial charge in [-0.05, 0) is 13.8 Å². The molecule has 0 aromatic heterocycles. The van der Waals surface area contributed by atoms with Gasteiger partial charge < -0.3 is 17.0 Å². The van der Waals surface area contributed by atoms with Gasteiger partial charge in [-0.2, -0.15) is 5.43 Å². The number of hydrogen-bond donors (Lipinski definition) is 1. The van der Waals surface area contributed by atoms with Crippen LogP contribution in [0.4, 0.5) is 0 Å². The molecule has 2 nitrogen and oxygen atoms in total. The van der Waals surface area contributed by atoms with E-state index in [-0.39, 0.29) is 17.0 Å². The Labute approximate surface area is 73.9 Å². The molecule has 0 bridgehead atoms. The zero-order valence-electron chi connectivity index (χ0n) is 6.86. The van der Waals surface area contributed by atoms with Crippen molar-refractivity contribution >= 4 is 0 Å². The van der Waals surface area contributed by atoms with Crippen LogP contribution in [0.2, 0.25) is 0 Å². The molecule has 0 radical (unpaired) electrons. The lowest BCUT2D eigenvalue weighted by Crippen LogP contribution is -3.00. The van der Waals surface area contributed by atoms with Crippen molar-refractivity contribution in [3.05, 3.63) is 0 Å². The van der Waals surface area contributed by atoms with Crippen LogP contribution >= 0.6 is 0 Å². The summed E-state index contributed by atoms with van der Waals surface area (Å²) in [6.45, 7) is 9.51. The molecule has 1 rings (SSSR count). The molecular weight excluding hydrogens is 192 g/mol. The third-order valence-corrected chi connectivity index (χ3v) is 2.42. The highest BCUT2D eigenvalue weighted by Gasteiger charge is 2.27. The molecule has 0 aromatic carbocycles. The second-order valence-corrected chi connectivity index (χ2v) is 2.76. The maximum atomic E-state index is 3.51. The van der Waals surface area contributed by atoms with Crippen LogP contribution in [-0.4, -0.2) is 30.8 Å². The highest BCUT2D eigenvalue weighted by Crippen LogP contribution is 2.08. The fourth-order valence-electron chi connectivity index (χ4n) is 1.54. The lowest BCUT2D eigenvalue weighted by atomic mass is 10.4. The summed E-state index contributed by atoms with van der Waals surface area (Å²) in [5.74, 6) is 0. The van der Waals surface area contributed by atoms with Gasteiger partial charge in [0, 0.05) is 13.0 Å². The standard InChI is InChI=1S/C7H17N2.BrH/c1-3-9(4-2)7-5-6-8-9;/h8H,3-7H2,1-2H3;1H/q+1;/p-1. The van der Waals surface area contributed by atoms with Crippen molar-refractivity contribution in [2.75, 3.05) is 26.2 Å². The molecule has 0 aliphatic carbocycles. The van der Waals surface area contributed by atoms with Crippen LogP contribution in [0, 0.1) is 0 Å². The predicted octanol–water partition coefficient (Wildman–Crippen LogP) is -2.24. The largest absolute Gasteiger partial charge is 1.00 e. The van der Waals surface area contributed by atoms with Gasteiger partial charge in [-0.25, -0.2) is 4.59 Å². The van der Waals surface area contributed by atoms with Crippen LogP contribution in [0.5, 0.6) is 0 Å². The molecule has 3 heteroatoms. The average molecular weight is 209 g/mol. The number of hydrogen-bond acceptors (Lipinski definition) is 1. The van der Waals surface area contributed by atoms with E-state index in [0.29, 0.717) is 0 Å². The fraction of sp³-hybridized carbons (Fsp3) is 1.00. The third kappa shape index (κ3) is 1.94. The summed E-state index contributed by atoms with van der Waals surface area (Å²) in [6.07, 6.45) is 1.35. The Hall–Kier alpha value is 0.400. The molecule has 0 spiro atoms. The predicted molar refractivity (Wildman–Crippen MR) is 38.8 cm³/mol. The molecule has 1 aliphatic rings. The normalized spacial score (nSPS) is 22.2. The molecule has 0 saturated carbocycles. The average Bonchev–Trinajstić information content (AvgIpc) is 2.36. The van der Waals surface area contributed by atoms with Crippen molar-refractivity contribution in [2.45, 2.75) is 20.3 Å². The smallest absolute Gasteiger partial charge is 0.0976 e. The van der Waals surface area contributed by atoms with Gasteiger partial charge in [-0.1, -0.05) is 0 Å². The van der Waals surface area contributed by atoms with Crippen molar-refractivity contribution in [1.82, 2.24) is 5.43 Å². The SMILES string of the molecule is CC[N+]1(CC)CCCN1.[Br-]. The maximum absolute atomic E-state index is 3.51. The van der Waals surface area contributed by atoms with E-state index in [2.05, 4.69) is 19.3 Å². The number of halogens is 1. The van der Waals surface area contributed by atoms with Crippen LogP contribution in [0.1, 0.15) is 20.3 Å². The number of rotatable bonds is 2. The summed E-state index contributed by atoms with van der Waals surface area (Å²) < 4.78 is 1.14. The van der Waals surface area contributed by atoms with Crippen LogP contribution < -0.4 is 22.4 Å². The van der Waals surface area contributed by atoms with Gasteiger partial charge in [0.05, 0.1) is 19.6 Å². The molecule has 1 saturated heterocycles. The molecule has 0 atom stereocenters. The number of nitrogens with zero attached hydrogens (tertiary/aromatic N) is 1. The van der Waals surface area contributed by atoms with E-state index in [9.17, 15) is 0 Å². The summed E-state index contributed by atoms with van der Waals surface area (Å²) in [4.78, 5) is 0. The maximum Gasteiger partial charge on any atom is 0.0976 e. The number of nitrogens with one attached hydrogen (secondary N) is 1. The first-order chi connectivity index (χ1) is 4.33. The van der Waals surface area contributed by atoms with Gasteiger partial charge in [0.15, 0.2) is 0 Å². The lowest BCUT2D eigenvalue weighted by molar-refractivity contribution is -0.954. The lowest BCUT2D eigenvalue weighted by Gasteiger charge is -2.30. The third-order valence-electron chi connectivity index (χ3n) is 2.42. The van der Waals surface area contributed by atoms with E-state index in [4.69, 9.17) is 0 Å². The molecule has 0 aromatic rings. The van der Waals surface area contributed by atoms with Gasteiger partial charge in [-0.3, -0.25) is 0 Å². The minimum atomic E-state index is 0. The minimum Gasteiger partial charge on any atom is -1.00 e. The first kappa shape index (κ1) is 10.4. The van der Waals surface area contributed by atoms with Gasteiger partial charge in [0.2, 0.25) is 0 Å². The van der Waals surface area contributed by atoms with Gasteiger partial charge >= 0.3 is 0 Å². The summed E-state index contributed by atoms with van der Waals surface area (Å²) in [7, 11) is 0. The quantitative estimate of drug-likeness (QED) is 0.507. The Morgan fingerprint density at radius 1 is 1.30 bits per heavy atom. The van der Waals surface area contributed by atoms with Crippen LogP contribution in [0.15, 0.2) is 0 Å². The summed E-state index contributed by atoms with van der Waals surface area (Å²) in [6, 6.07) is 0. The first-order valence-electron chi connectivity index (χ1n) is 3.94. The molecular formula is C7H17BrN2. The zero-order chi connectivity index (χ0) is 6.74. The topological polar surface area (TPSA) is 12.0 Å². The molecule has 1 N–H and O–H groups in total. The molecule has 10 heavy (non-hydrogen) atoms. The van der Waals surface area contributed by atoms with Crippen molar-refractivity contribution in [2.24, 2.45) is 0 Å². The van der Waals surface area contributed by atoms with Crippen molar-refractivity contribution in [3.63, 3.8) is 0 Å².